The lowest BCUT2D eigenvalue weighted by Gasteiger charge is -2.02. The van der Waals surface area contributed by atoms with Gasteiger partial charge >= 0.3 is 0 Å². The van der Waals surface area contributed by atoms with Gasteiger partial charge < -0.3 is 5.73 Å². The predicted molar refractivity (Wildman–Crippen MR) is 69.8 cm³/mol. The van der Waals surface area contributed by atoms with Gasteiger partial charge in [0.2, 0.25) is 5.91 Å². The van der Waals surface area contributed by atoms with E-state index in [1.165, 1.54) is 23.5 Å². The number of thiazole rings is 1. The van der Waals surface area contributed by atoms with E-state index in [1.54, 1.807) is 12.1 Å². The lowest BCUT2D eigenvalue weighted by atomic mass is 10.1. The van der Waals surface area contributed by atoms with Crippen molar-refractivity contribution in [3.05, 3.63) is 46.5 Å². The summed E-state index contributed by atoms with van der Waals surface area (Å²) in [6.45, 7) is 1.85. The Labute approximate surface area is 108 Å². The second-order valence-corrected chi connectivity index (χ2v) is 4.55. The SMILES string of the molecule is Cc1csc(NC(=O)c2ccc(C(N)=O)cc2)n1. The quantitative estimate of drug-likeness (QED) is 0.883. The summed E-state index contributed by atoms with van der Waals surface area (Å²) in [4.78, 5) is 26.9. The minimum Gasteiger partial charge on any atom is -0.366 e. The molecule has 2 rings (SSSR count). The second-order valence-electron chi connectivity index (χ2n) is 3.69. The number of nitrogens with zero attached hydrogens (tertiary/aromatic N) is 1. The number of amides is 2. The largest absolute Gasteiger partial charge is 0.366 e. The maximum atomic E-state index is 11.8. The number of nitrogens with two attached hydrogens (primary N) is 1. The van der Waals surface area contributed by atoms with Crippen molar-refractivity contribution in [2.45, 2.75) is 6.92 Å². The van der Waals surface area contributed by atoms with Crippen molar-refractivity contribution in [2.75, 3.05) is 5.32 Å². The summed E-state index contributed by atoms with van der Waals surface area (Å²) in [5.41, 5.74) is 6.80. The first-order valence-corrected chi connectivity index (χ1v) is 6.07. The van der Waals surface area contributed by atoms with Crippen LogP contribution in [0.4, 0.5) is 5.13 Å². The normalized spacial score (nSPS) is 10.1. The van der Waals surface area contributed by atoms with E-state index in [0.717, 1.165) is 5.69 Å². The molecule has 2 aromatic rings. The number of carbonyl (C=O) groups excluding carboxylic acids is 2. The van der Waals surface area contributed by atoms with Crippen LogP contribution >= 0.6 is 11.3 Å². The zero-order valence-electron chi connectivity index (χ0n) is 9.64. The summed E-state index contributed by atoms with van der Waals surface area (Å²) in [5, 5.41) is 5.09. The Morgan fingerprint density at radius 1 is 1.22 bits per heavy atom. The third-order valence-corrected chi connectivity index (χ3v) is 3.15. The van der Waals surface area contributed by atoms with Gasteiger partial charge in [-0.2, -0.15) is 0 Å². The average Bonchev–Trinajstić information content (AvgIpc) is 2.75. The Bertz CT molecular complexity index is 590. The van der Waals surface area contributed by atoms with E-state index in [4.69, 9.17) is 5.73 Å². The third-order valence-electron chi connectivity index (χ3n) is 2.27. The Balaban J connectivity index is 2.11. The lowest BCUT2D eigenvalue weighted by Crippen LogP contribution is -2.14. The number of carbonyl (C=O) groups is 2. The molecular weight excluding hydrogens is 250 g/mol. The van der Waals surface area contributed by atoms with Crippen LogP contribution in [0.25, 0.3) is 0 Å². The number of aromatic nitrogens is 1. The highest BCUT2D eigenvalue weighted by atomic mass is 32.1. The van der Waals surface area contributed by atoms with Gasteiger partial charge in [0.15, 0.2) is 5.13 Å². The number of benzene rings is 1. The molecule has 1 heterocycles. The van der Waals surface area contributed by atoms with Gasteiger partial charge in [0.25, 0.3) is 5.91 Å². The molecule has 3 N–H and O–H groups in total. The molecule has 0 aliphatic heterocycles. The van der Waals surface area contributed by atoms with Gasteiger partial charge in [0, 0.05) is 16.5 Å². The van der Waals surface area contributed by atoms with Gasteiger partial charge in [-0.15, -0.1) is 11.3 Å². The maximum Gasteiger partial charge on any atom is 0.257 e. The summed E-state index contributed by atoms with van der Waals surface area (Å²) in [5.74, 6) is -0.780. The van der Waals surface area contributed by atoms with Crippen molar-refractivity contribution < 1.29 is 9.59 Å². The monoisotopic (exact) mass is 261 g/mol. The lowest BCUT2D eigenvalue weighted by molar-refractivity contribution is 0.0995. The molecule has 5 nitrogen and oxygen atoms in total. The van der Waals surface area contributed by atoms with Crippen molar-refractivity contribution in [3.8, 4) is 0 Å². The van der Waals surface area contributed by atoms with Crippen LogP contribution in [0.5, 0.6) is 0 Å². The van der Waals surface area contributed by atoms with Crippen LogP contribution in [0.1, 0.15) is 26.4 Å². The minimum absolute atomic E-state index is 0.264. The number of nitrogens with one attached hydrogen (secondary N) is 1. The molecular formula is C12H11N3O2S. The maximum absolute atomic E-state index is 11.8. The first kappa shape index (κ1) is 12.3. The summed E-state index contributed by atoms with van der Waals surface area (Å²) in [7, 11) is 0. The summed E-state index contributed by atoms with van der Waals surface area (Å²) in [6, 6.07) is 6.14. The van der Waals surface area contributed by atoms with Crippen molar-refractivity contribution in [1.29, 1.82) is 0 Å². The van der Waals surface area contributed by atoms with Gasteiger partial charge in [-0.05, 0) is 31.2 Å². The van der Waals surface area contributed by atoms with E-state index in [1.807, 2.05) is 12.3 Å². The van der Waals surface area contributed by atoms with E-state index < -0.39 is 5.91 Å². The molecule has 0 aliphatic rings. The highest BCUT2D eigenvalue weighted by Crippen LogP contribution is 2.15. The molecule has 0 saturated carbocycles. The summed E-state index contributed by atoms with van der Waals surface area (Å²) < 4.78 is 0. The van der Waals surface area contributed by atoms with Crippen molar-refractivity contribution >= 4 is 28.3 Å². The molecule has 2 amide bonds. The zero-order chi connectivity index (χ0) is 13.1. The van der Waals surface area contributed by atoms with E-state index in [9.17, 15) is 9.59 Å². The van der Waals surface area contributed by atoms with Crippen LogP contribution in [0.15, 0.2) is 29.6 Å². The smallest absolute Gasteiger partial charge is 0.257 e. The Kier molecular flexibility index (Phi) is 3.38. The number of hydrogen-bond acceptors (Lipinski definition) is 4. The molecule has 0 bridgehead atoms. The molecule has 18 heavy (non-hydrogen) atoms. The number of aryl methyl sites for hydroxylation is 1. The highest BCUT2D eigenvalue weighted by Gasteiger charge is 2.09. The van der Waals surface area contributed by atoms with Gasteiger partial charge in [-0.1, -0.05) is 0 Å². The average molecular weight is 261 g/mol. The van der Waals surface area contributed by atoms with Crippen LogP contribution < -0.4 is 11.1 Å². The number of primary amides is 1. The molecule has 6 heteroatoms. The van der Waals surface area contributed by atoms with Crippen LogP contribution in [0.2, 0.25) is 0 Å². The van der Waals surface area contributed by atoms with Crippen LogP contribution in [-0.4, -0.2) is 16.8 Å². The van der Waals surface area contributed by atoms with Crippen molar-refractivity contribution in [2.24, 2.45) is 5.73 Å². The molecule has 0 unspecified atom stereocenters. The fourth-order valence-electron chi connectivity index (χ4n) is 1.37. The van der Waals surface area contributed by atoms with Crippen LogP contribution in [0.3, 0.4) is 0 Å². The van der Waals surface area contributed by atoms with E-state index in [2.05, 4.69) is 10.3 Å². The molecule has 0 radical (unpaired) electrons. The molecule has 1 aromatic carbocycles. The molecule has 1 aromatic heterocycles. The molecule has 0 fully saturated rings. The molecule has 0 aliphatic carbocycles. The predicted octanol–water partition coefficient (Wildman–Crippen LogP) is 1.80. The third kappa shape index (κ3) is 2.72. The second kappa shape index (κ2) is 4.97. The van der Waals surface area contributed by atoms with E-state index >= 15 is 0 Å². The van der Waals surface area contributed by atoms with Gasteiger partial charge in [-0.25, -0.2) is 4.98 Å². The summed E-state index contributed by atoms with van der Waals surface area (Å²) in [6.07, 6.45) is 0. The topological polar surface area (TPSA) is 85.1 Å². The van der Waals surface area contributed by atoms with Crippen LogP contribution in [-0.2, 0) is 0 Å². The number of hydrogen-bond donors (Lipinski definition) is 2. The Hall–Kier alpha value is -2.21. The molecule has 0 spiro atoms. The number of rotatable bonds is 3. The molecule has 92 valence electrons. The van der Waals surface area contributed by atoms with E-state index in [-0.39, 0.29) is 5.91 Å². The summed E-state index contributed by atoms with van der Waals surface area (Å²) >= 11 is 1.36. The molecule has 0 atom stereocenters. The first-order chi connectivity index (χ1) is 8.56. The van der Waals surface area contributed by atoms with Gasteiger partial charge in [0.1, 0.15) is 0 Å². The standard InChI is InChI=1S/C12H11N3O2S/c1-7-6-18-12(14-7)15-11(17)9-4-2-8(3-5-9)10(13)16/h2-6H,1H3,(H2,13,16)(H,14,15,17). The van der Waals surface area contributed by atoms with Crippen molar-refractivity contribution in [3.63, 3.8) is 0 Å². The molecule has 0 saturated heterocycles. The highest BCUT2D eigenvalue weighted by molar-refractivity contribution is 7.13. The van der Waals surface area contributed by atoms with Crippen LogP contribution in [0, 0.1) is 6.92 Å². The zero-order valence-corrected chi connectivity index (χ0v) is 10.5. The van der Waals surface area contributed by atoms with Gasteiger partial charge in [-0.3, -0.25) is 14.9 Å². The minimum atomic E-state index is -0.516. The van der Waals surface area contributed by atoms with Crippen molar-refractivity contribution in [1.82, 2.24) is 4.98 Å². The fourth-order valence-corrected chi connectivity index (χ4v) is 2.05. The fraction of sp³-hybridized carbons (Fsp3) is 0.0833. The number of anilines is 1. The first-order valence-electron chi connectivity index (χ1n) is 5.19. The Morgan fingerprint density at radius 2 is 1.83 bits per heavy atom. The Morgan fingerprint density at radius 3 is 2.33 bits per heavy atom. The van der Waals surface area contributed by atoms with E-state index in [0.29, 0.717) is 16.3 Å². The van der Waals surface area contributed by atoms with Gasteiger partial charge in [0.05, 0.1) is 5.69 Å².